The van der Waals surface area contributed by atoms with Crippen LogP contribution in [0.3, 0.4) is 0 Å². The van der Waals surface area contributed by atoms with Crippen molar-refractivity contribution >= 4 is 11.9 Å². The van der Waals surface area contributed by atoms with Crippen LogP contribution >= 0.6 is 0 Å². The summed E-state index contributed by atoms with van der Waals surface area (Å²) in [5.41, 5.74) is 0. The molecule has 38 heavy (non-hydrogen) atoms. The molecule has 0 saturated carbocycles. The Morgan fingerprint density at radius 3 is 1.18 bits per heavy atom. The number of esters is 1. The highest BCUT2D eigenvalue weighted by Gasteiger charge is 2.08. The van der Waals surface area contributed by atoms with E-state index in [9.17, 15) is 9.59 Å². The van der Waals surface area contributed by atoms with Gasteiger partial charge < -0.3 is 9.84 Å². The third kappa shape index (κ3) is 37.1. The third-order valence-electron chi connectivity index (χ3n) is 7.28. The van der Waals surface area contributed by atoms with Gasteiger partial charge in [-0.1, -0.05) is 156 Å². The standard InChI is InChI=1S/C18H36O2.C16H32O2/c1-4-6-8-9-10-11-12-14-16-18(19)20-17(3)15-13-7-5-2;1-2-3-4-5-6-7-8-9-10-11-12-13-14-15-16(17)18/h17H,4-16H2,1-3H3;2-15H2,1H3,(H,17,18). The number of rotatable bonds is 28. The van der Waals surface area contributed by atoms with Gasteiger partial charge in [0.2, 0.25) is 0 Å². The largest absolute Gasteiger partial charge is 0.481 e. The van der Waals surface area contributed by atoms with Gasteiger partial charge in [0.25, 0.3) is 0 Å². The molecule has 0 aliphatic carbocycles. The summed E-state index contributed by atoms with van der Waals surface area (Å²) in [5, 5.41) is 8.49. The Hall–Kier alpha value is -1.06. The number of hydrogen-bond acceptors (Lipinski definition) is 3. The molecule has 0 radical (unpaired) electrons. The average molecular weight is 541 g/mol. The summed E-state index contributed by atoms with van der Waals surface area (Å²) in [7, 11) is 0. The molecule has 0 bridgehead atoms. The van der Waals surface area contributed by atoms with Crippen molar-refractivity contribution in [2.24, 2.45) is 0 Å². The lowest BCUT2D eigenvalue weighted by Crippen LogP contribution is -2.14. The number of ether oxygens (including phenoxy) is 1. The fourth-order valence-electron chi connectivity index (χ4n) is 4.72. The predicted octanol–water partition coefficient (Wildman–Crippen LogP) is 11.6. The monoisotopic (exact) mass is 541 g/mol. The number of carboxylic acids is 1. The Morgan fingerprint density at radius 2 is 0.816 bits per heavy atom. The lowest BCUT2D eigenvalue weighted by atomic mass is 10.0. The second kappa shape index (κ2) is 34.0. The molecule has 0 fully saturated rings. The van der Waals surface area contributed by atoms with Crippen LogP contribution in [0.2, 0.25) is 0 Å². The lowest BCUT2D eigenvalue weighted by molar-refractivity contribution is -0.148. The number of hydrogen-bond donors (Lipinski definition) is 1. The van der Waals surface area contributed by atoms with Gasteiger partial charge in [0.1, 0.15) is 0 Å². The Labute approximate surface area is 238 Å². The maximum Gasteiger partial charge on any atom is 0.306 e. The van der Waals surface area contributed by atoms with E-state index in [0.29, 0.717) is 12.8 Å². The van der Waals surface area contributed by atoms with Crippen molar-refractivity contribution in [1.29, 1.82) is 0 Å². The minimum Gasteiger partial charge on any atom is -0.481 e. The number of aliphatic carboxylic acids is 1. The lowest BCUT2D eigenvalue weighted by Gasteiger charge is -2.12. The fraction of sp³-hybridized carbons (Fsp3) is 0.941. The van der Waals surface area contributed by atoms with E-state index in [2.05, 4.69) is 20.8 Å². The highest BCUT2D eigenvalue weighted by molar-refractivity contribution is 5.69. The van der Waals surface area contributed by atoms with Crippen LogP contribution in [0.5, 0.6) is 0 Å². The summed E-state index contributed by atoms with van der Waals surface area (Å²) in [5.74, 6) is -0.655. The maximum atomic E-state index is 11.6. The highest BCUT2D eigenvalue weighted by Crippen LogP contribution is 2.13. The molecule has 0 spiro atoms. The van der Waals surface area contributed by atoms with Crippen molar-refractivity contribution in [3.63, 3.8) is 0 Å². The van der Waals surface area contributed by atoms with E-state index in [4.69, 9.17) is 9.84 Å². The van der Waals surface area contributed by atoms with Gasteiger partial charge in [-0.15, -0.1) is 0 Å². The molecular formula is C34H68O4. The van der Waals surface area contributed by atoms with Crippen LogP contribution in [0.15, 0.2) is 0 Å². The van der Waals surface area contributed by atoms with Crippen molar-refractivity contribution in [1.82, 2.24) is 0 Å². The molecule has 0 aromatic heterocycles. The molecule has 1 N–H and O–H groups in total. The normalized spacial score (nSPS) is 11.6. The van der Waals surface area contributed by atoms with E-state index in [1.807, 2.05) is 6.92 Å². The van der Waals surface area contributed by atoms with Gasteiger partial charge in [-0.3, -0.25) is 9.59 Å². The molecule has 0 rings (SSSR count). The maximum absolute atomic E-state index is 11.6. The van der Waals surface area contributed by atoms with Gasteiger partial charge in [0, 0.05) is 12.8 Å². The van der Waals surface area contributed by atoms with Crippen molar-refractivity contribution in [2.75, 3.05) is 0 Å². The summed E-state index contributed by atoms with van der Waals surface area (Å²) in [4.78, 5) is 21.9. The van der Waals surface area contributed by atoms with Crippen LogP contribution < -0.4 is 0 Å². The average Bonchev–Trinajstić information content (AvgIpc) is 2.88. The first-order valence-electron chi connectivity index (χ1n) is 16.9. The second-order valence-electron chi connectivity index (χ2n) is 11.4. The van der Waals surface area contributed by atoms with Gasteiger partial charge in [-0.25, -0.2) is 0 Å². The molecule has 4 heteroatoms. The smallest absolute Gasteiger partial charge is 0.306 e. The van der Waals surface area contributed by atoms with Gasteiger partial charge in [-0.05, 0) is 32.6 Å². The molecule has 0 aromatic carbocycles. The number of carboxylic acid groups (broad SMARTS) is 1. The van der Waals surface area contributed by atoms with E-state index < -0.39 is 5.97 Å². The van der Waals surface area contributed by atoms with Crippen LogP contribution in [-0.2, 0) is 14.3 Å². The molecule has 0 aliphatic heterocycles. The topological polar surface area (TPSA) is 63.6 Å². The minimum atomic E-state index is -0.655. The van der Waals surface area contributed by atoms with Crippen LogP contribution in [0, 0.1) is 0 Å². The van der Waals surface area contributed by atoms with Crippen molar-refractivity contribution < 1.29 is 19.4 Å². The Bertz CT molecular complexity index is 477. The van der Waals surface area contributed by atoms with Crippen molar-refractivity contribution in [3.8, 4) is 0 Å². The molecule has 1 atom stereocenters. The van der Waals surface area contributed by atoms with Crippen molar-refractivity contribution in [3.05, 3.63) is 0 Å². The molecule has 0 saturated heterocycles. The highest BCUT2D eigenvalue weighted by atomic mass is 16.5. The minimum absolute atomic E-state index is 0.0000172. The van der Waals surface area contributed by atoms with E-state index in [1.165, 1.54) is 135 Å². The number of carbonyl (C=O) groups excluding carboxylic acids is 1. The third-order valence-corrected chi connectivity index (χ3v) is 7.28. The summed E-state index contributed by atoms with van der Waals surface area (Å²) in [6, 6.07) is 0. The van der Waals surface area contributed by atoms with Gasteiger partial charge in [0.05, 0.1) is 6.10 Å². The van der Waals surface area contributed by atoms with Gasteiger partial charge >= 0.3 is 11.9 Å². The first-order valence-corrected chi connectivity index (χ1v) is 16.9. The fourth-order valence-corrected chi connectivity index (χ4v) is 4.72. The van der Waals surface area contributed by atoms with Crippen molar-refractivity contribution in [2.45, 2.75) is 207 Å². The molecule has 0 aromatic rings. The van der Waals surface area contributed by atoms with Gasteiger partial charge in [0.15, 0.2) is 0 Å². The molecular weight excluding hydrogens is 472 g/mol. The van der Waals surface area contributed by atoms with Gasteiger partial charge in [-0.2, -0.15) is 0 Å². The first kappa shape index (κ1) is 39.1. The van der Waals surface area contributed by atoms with Crippen LogP contribution in [-0.4, -0.2) is 23.1 Å². The molecule has 0 heterocycles. The molecule has 228 valence electrons. The zero-order valence-corrected chi connectivity index (χ0v) is 26.3. The Balaban J connectivity index is 0. The first-order chi connectivity index (χ1) is 18.5. The number of carbonyl (C=O) groups is 2. The van der Waals surface area contributed by atoms with E-state index in [1.54, 1.807) is 0 Å². The Kier molecular flexibility index (Phi) is 34.9. The summed E-state index contributed by atoms with van der Waals surface area (Å²) >= 11 is 0. The number of unbranched alkanes of at least 4 members (excludes halogenated alkanes) is 21. The quantitative estimate of drug-likeness (QED) is 0.0791. The van der Waals surface area contributed by atoms with Crippen LogP contribution in [0.1, 0.15) is 201 Å². The van der Waals surface area contributed by atoms with Crippen LogP contribution in [0.25, 0.3) is 0 Å². The van der Waals surface area contributed by atoms with Crippen LogP contribution in [0.4, 0.5) is 0 Å². The van der Waals surface area contributed by atoms with E-state index in [-0.39, 0.29) is 12.1 Å². The van der Waals surface area contributed by atoms with E-state index in [0.717, 1.165) is 25.7 Å². The summed E-state index contributed by atoms with van der Waals surface area (Å²) in [6.07, 6.45) is 32.8. The van der Waals surface area contributed by atoms with E-state index >= 15 is 0 Å². The predicted molar refractivity (Wildman–Crippen MR) is 165 cm³/mol. The second-order valence-corrected chi connectivity index (χ2v) is 11.4. The molecule has 1 unspecified atom stereocenters. The summed E-state index contributed by atoms with van der Waals surface area (Å²) < 4.78 is 5.42. The summed E-state index contributed by atoms with van der Waals surface area (Å²) in [6.45, 7) is 8.71. The zero-order chi connectivity index (χ0) is 28.5. The molecule has 0 amide bonds. The molecule has 4 nitrogen and oxygen atoms in total. The Morgan fingerprint density at radius 1 is 0.500 bits per heavy atom. The molecule has 0 aliphatic rings. The SMILES string of the molecule is CCCCCCCCCCC(=O)OC(C)CCCCC.CCCCCCCCCCCCCCCC(=O)O. The zero-order valence-electron chi connectivity index (χ0n) is 26.3.